The topological polar surface area (TPSA) is 40.5 Å². The fraction of sp³-hybridized carbons (Fsp3) is 0. The molecule has 0 aliphatic carbocycles. The molecule has 0 aliphatic heterocycles. The molecule has 0 spiro atoms. The van der Waals surface area contributed by atoms with Crippen molar-refractivity contribution in [1.82, 2.24) is 0 Å². The van der Waals surface area contributed by atoms with Crippen molar-refractivity contribution in [2.75, 3.05) is 0 Å². The fourth-order valence-electron chi connectivity index (χ4n) is 0. The van der Waals surface area contributed by atoms with Gasteiger partial charge in [0.1, 0.15) is 9.03 Å². The van der Waals surface area contributed by atoms with Crippen LogP contribution in [0.4, 0.5) is 0 Å². The second kappa shape index (κ2) is 8.82. The molecule has 23 valence electrons. The van der Waals surface area contributed by atoms with Crippen molar-refractivity contribution in [3.05, 3.63) is 0 Å². The Bertz CT molecular complexity index is 6.00. The van der Waals surface area contributed by atoms with Gasteiger partial charge in [0.15, 0.2) is 0 Å². The van der Waals surface area contributed by atoms with E-state index in [2.05, 4.69) is 0 Å². The van der Waals surface area contributed by atoms with Crippen molar-refractivity contribution < 1.29 is 45.4 Å². The van der Waals surface area contributed by atoms with E-state index in [1.165, 1.54) is 0 Å². The van der Waals surface area contributed by atoms with Gasteiger partial charge >= 0.3 is 0 Å². The molecule has 0 aliphatic rings. The maximum absolute atomic E-state index is 7.15. The van der Waals surface area contributed by atoms with Crippen LogP contribution in [0.25, 0.3) is 0 Å². The predicted octanol–water partition coefficient (Wildman–Crippen LogP) is -0.520. The van der Waals surface area contributed by atoms with E-state index in [1.54, 1.807) is 0 Å². The Morgan fingerprint density at radius 1 is 1.25 bits per heavy atom. The summed E-state index contributed by atoms with van der Waals surface area (Å²) in [6.45, 7) is 0. The van der Waals surface area contributed by atoms with Crippen LogP contribution in [0.3, 0.4) is 0 Å². The Morgan fingerprint density at radius 2 is 1.25 bits per heavy atom. The Labute approximate surface area is 54.2 Å². The van der Waals surface area contributed by atoms with Crippen molar-refractivity contribution in [2.24, 2.45) is 0 Å². The molecule has 4 heteroatoms. The van der Waals surface area contributed by atoms with Crippen LogP contribution in [0.1, 0.15) is 0 Å². The van der Waals surface area contributed by atoms with Gasteiger partial charge in [-0.05, 0) is 0 Å². The molecule has 0 saturated heterocycles. The molecule has 0 fully saturated rings. The van der Waals surface area contributed by atoms with Crippen LogP contribution in [-0.4, -0.2) is 9.79 Å². The van der Waals surface area contributed by atoms with E-state index >= 15 is 0 Å². The van der Waals surface area contributed by atoms with Crippen molar-refractivity contribution in [1.29, 1.82) is 0 Å². The van der Waals surface area contributed by atoms with Crippen LogP contribution in [0.15, 0.2) is 0 Å². The summed E-state index contributed by atoms with van der Waals surface area (Å²) in [6.07, 6.45) is 0. The number of hydrogen-bond donors (Lipinski definition) is 2. The van der Waals surface area contributed by atoms with Crippen LogP contribution in [0, 0.1) is 35.6 Å². The standard InChI is InChI=1S/La.H3O2P/c;1-3-2/h;1-3H. The predicted molar refractivity (Wildman–Crippen MR) is 12.8 cm³/mol. The van der Waals surface area contributed by atoms with E-state index in [0.717, 1.165) is 0 Å². The molecule has 0 aromatic carbocycles. The summed E-state index contributed by atoms with van der Waals surface area (Å²) in [4.78, 5) is 14.3. The van der Waals surface area contributed by atoms with Crippen LogP contribution < -0.4 is 0 Å². The molecular weight excluding hydrogens is 202 g/mol. The Morgan fingerprint density at radius 3 is 1.25 bits per heavy atom. The summed E-state index contributed by atoms with van der Waals surface area (Å²) in [5.41, 5.74) is 0. The van der Waals surface area contributed by atoms with E-state index in [9.17, 15) is 0 Å². The Balaban J connectivity index is 0. The quantitative estimate of drug-likeness (QED) is 0.522. The molecular formula is H3LaO2P. The van der Waals surface area contributed by atoms with Gasteiger partial charge in [0.05, 0.1) is 0 Å². The zero-order chi connectivity index (χ0) is 2.71. The SMILES string of the molecule is OPO.[La]. The first kappa shape index (κ1) is 9.11. The Hall–Kier alpha value is 1.54. The van der Waals surface area contributed by atoms with E-state index < -0.39 is 9.03 Å². The van der Waals surface area contributed by atoms with Crippen LogP contribution in [0.5, 0.6) is 0 Å². The Kier molecular flexibility index (Phi) is 20.1. The minimum absolute atomic E-state index is 0. The zero-order valence-electron chi connectivity index (χ0n) is 1.97. The van der Waals surface area contributed by atoms with Gasteiger partial charge < -0.3 is 9.79 Å². The van der Waals surface area contributed by atoms with Crippen LogP contribution >= 0.6 is 9.03 Å². The summed E-state index contributed by atoms with van der Waals surface area (Å²) in [6, 6.07) is 0. The molecule has 0 bridgehead atoms. The van der Waals surface area contributed by atoms with E-state index in [-0.39, 0.29) is 35.6 Å². The van der Waals surface area contributed by atoms with Gasteiger partial charge in [0, 0.05) is 35.6 Å². The largest absolute Gasteiger partial charge is 0.352 e. The van der Waals surface area contributed by atoms with Crippen LogP contribution in [0.2, 0.25) is 0 Å². The molecule has 4 heavy (non-hydrogen) atoms. The molecule has 2 nitrogen and oxygen atoms in total. The van der Waals surface area contributed by atoms with Crippen molar-refractivity contribution in [3.8, 4) is 0 Å². The molecule has 0 rings (SSSR count). The molecule has 0 aromatic heterocycles. The summed E-state index contributed by atoms with van der Waals surface area (Å²) in [5, 5.41) is 0. The summed E-state index contributed by atoms with van der Waals surface area (Å²) in [7, 11) is -0.917. The normalized spacial score (nSPS) is 4.50. The molecule has 0 unspecified atom stereocenters. The van der Waals surface area contributed by atoms with Gasteiger partial charge in [-0.1, -0.05) is 0 Å². The second-order valence-corrected chi connectivity index (χ2v) is 0.300. The first-order valence-corrected chi connectivity index (χ1v) is 1.34. The third-order valence-electron chi connectivity index (χ3n) is 0. The summed E-state index contributed by atoms with van der Waals surface area (Å²) >= 11 is 0. The van der Waals surface area contributed by atoms with Gasteiger partial charge in [-0.3, -0.25) is 0 Å². The monoisotopic (exact) mass is 205 g/mol. The molecule has 2 N–H and O–H groups in total. The number of rotatable bonds is 0. The van der Waals surface area contributed by atoms with Crippen molar-refractivity contribution in [3.63, 3.8) is 0 Å². The second-order valence-electron chi connectivity index (χ2n) is 0.100. The smallest absolute Gasteiger partial charge is 0.149 e. The molecule has 0 atom stereocenters. The van der Waals surface area contributed by atoms with E-state index in [4.69, 9.17) is 9.79 Å². The first-order chi connectivity index (χ1) is 1.41. The molecule has 1 radical (unpaired) electrons. The van der Waals surface area contributed by atoms with Gasteiger partial charge in [-0.2, -0.15) is 0 Å². The van der Waals surface area contributed by atoms with Gasteiger partial charge in [-0.25, -0.2) is 0 Å². The first-order valence-electron chi connectivity index (χ1n) is 0.447. The third kappa shape index (κ3) is 9.62. The number of hydrogen-bond acceptors (Lipinski definition) is 2. The zero-order valence-corrected chi connectivity index (χ0v) is 6.60. The van der Waals surface area contributed by atoms with Crippen molar-refractivity contribution >= 4 is 9.03 Å². The van der Waals surface area contributed by atoms with E-state index in [0.29, 0.717) is 0 Å². The average molecular weight is 205 g/mol. The van der Waals surface area contributed by atoms with Gasteiger partial charge in [0.25, 0.3) is 0 Å². The third-order valence-corrected chi connectivity index (χ3v) is 0. The summed E-state index contributed by atoms with van der Waals surface area (Å²) < 4.78 is 0. The van der Waals surface area contributed by atoms with E-state index in [1.807, 2.05) is 0 Å². The maximum Gasteiger partial charge on any atom is 0.149 e. The molecule has 0 heterocycles. The minimum Gasteiger partial charge on any atom is -0.352 e. The molecule has 0 aromatic rings. The minimum atomic E-state index is -0.917. The fourth-order valence-corrected chi connectivity index (χ4v) is 0. The van der Waals surface area contributed by atoms with Gasteiger partial charge in [0.2, 0.25) is 0 Å². The summed E-state index contributed by atoms with van der Waals surface area (Å²) in [5.74, 6) is 0. The van der Waals surface area contributed by atoms with Crippen molar-refractivity contribution in [2.45, 2.75) is 0 Å². The average Bonchev–Trinajstić information content (AvgIpc) is 0.918. The molecule has 0 saturated carbocycles. The molecule has 0 amide bonds. The van der Waals surface area contributed by atoms with Gasteiger partial charge in [-0.15, -0.1) is 0 Å². The van der Waals surface area contributed by atoms with Crippen LogP contribution in [-0.2, 0) is 0 Å². The maximum atomic E-state index is 7.15.